The highest BCUT2D eigenvalue weighted by molar-refractivity contribution is 5.97. The van der Waals surface area contributed by atoms with Gasteiger partial charge in [-0.2, -0.15) is 0 Å². The summed E-state index contributed by atoms with van der Waals surface area (Å²) in [5, 5.41) is 0. The molecular formula is C10H8N2O. The van der Waals surface area contributed by atoms with E-state index < -0.39 is 0 Å². The second-order valence-corrected chi connectivity index (χ2v) is 2.76. The van der Waals surface area contributed by atoms with Crippen molar-refractivity contribution in [2.75, 3.05) is 0 Å². The van der Waals surface area contributed by atoms with Crippen molar-refractivity contribution in [1.82, 2.24) is 4.98 Å². The molecule has 0 N–H and O–H groups in total. The number of dihydropyridines is 1. The van der Waals surface area contributed by atoms with Gasteiger partial charge in [-0.1, -0.05) is 6.08 Å². The van der Waals surface area contributed by atoms with Crippen LogP contribution in [0.15, 0.2) is 41.7 Å². The molecule has 1 unspecified atom stereocenters. The summed E-state index contributed by atoms with van der Waals surface area (Å²) in [6, 6.07) is 3.65. The number of amides is 1. The summed E-state index contributed by atoms with van der Waals surface area (Å²) in [5.41, 5.74) is 0.938. The molecule has 2 heterocycles. The van der Waals surface area contributed by atoms with Crippen LogP contribution in [0.3, 0.4) is 0 Å². The molecule has 1 aliphatic heterocycles. The molecule has 13 heavy (non-hydrogen) atoms. The van der Waals surface area contributed by atoms with Gasteiger partial charge in [-0.3, -0.25) is 9.78 Å². The zero-order valence-corrected chi connectivity index (χ0v) is 6.92. The van der Waals surface area contributed by atoms with Crippen LogP contribution in [0.4, 0.5) is 0 Å². The van der Waals surface area contributed by atoms with Gasteiger partial charge in [0.2, 0.25) is 0 Å². The molecule has 3 nitrogen and oxygen atoms in total. The van der Waals surface area contributed by atoms with Crippen molar-refractivity contribution >= 4 is 12.1 Å². The molecule has 2 rings (SSSR count). The molecule has 0 saturated heterocycles. The minimum absolute atomic E-state index is 0.117. The number of nitrogens with zero attached hydrogens (tertiary/aromatic N) is 2. The van der Waals surface area contributed by atoms with Crippen LogP contribution in [0.2, 0.25) is 0 Å². The maximum absolute atomic E-state index is 11.3. The number of carbonyl (C=O) groups excluding carboxylic acids is 1. The summed E-state index contributed by atoms with van der Waals surface area (Å²) in [5.74, 6) is -0.346. The molecule has 0 saturated carbocycles. The lowest BCUT2D eigenvalue weighted by atomic mass is 9.98. The van der Waals surface area contributed by atoms with Gasteiger partial charge in [-0.25, -0.2) is 4.99 Å². The lowest BCUT2D eigenvalue weighted by Gasteiger charge is -2.10. The van der Waals surface area contributed by atoms with Crippen LogP contribution in [0.25, 0.3) is 0 Å². The Kier molecular flexibility index (Phi) is 2.00. The average molecular weight is 172 g/mol. The molecule has 0 fully saturated rings. The van der Waals surface area contributed by atoms with E-state index >= 15 is 0 Å². The third kappa shape index (κ3) is 1.54. The van der Waals surface area contributed by atoms with Crippen LogP contribution in [-0.2, 0) is 4.79 Å². The first kappa shape index (κ1) is 7.86. The van der Waals surface area contributed by atoms with Crippen LogP contribution in [0.5, 0.6) is 0 Å². The summed E-state index contributed by atoms with van der Waals surface area (Å²) in [7, 11) is 0. The number of pyridine rings is 1. The average Bonchev–Trinajstić information content (AvgIpc) is 2.20. The van der Waals surface area contributed by atoms with Gasteiger partial charge in [0, 0.05) is 18.6 Å². The summed E-state index contributed by atoms with van der Waals surface area (Å²) in [4.78, 5) is 18.9. The van der Waals surface area contributed by atoms with Crippen molar-refractivity contribution in [2.45, 2.75) is 5.92 Å². The van der Waals surface area contributed by atoms with E-state index in [1.54, 1.807) is 18.5 Å². The Bertz CT molecular complexity index is 368. The van der Waals surface area contributed by atoms with Gasteiger partial charge < -0.3 is 0 Å². The van der Waals surface area contributed by atoms with E-state index in [2.05, 4.69) is 9.98 Å². The number of aliphatic imine (C=N–C) groups is 1. The molecule has 1 aromatic heterocycles. The van der Waals surface area contributed by atoms with E-state index in [-0.39, 0.29) is 11.8 Å². The standard InChI is InChI=1S/C10H8N2O/c13-10-9(2-1-5-12-10)8-3-6-11-7-4-8/h1-7,9H. The predicted octanol–water partition coefficient (Wildman–Crippen LogP) is 1.33. The largest absolute Gasteiger partial charge is 0.272 e. The summed E-state index contributed by atoms with van der Waals surface area (Å²) < 4.78 is 0. The third-order valence-corrected chi connectivity index (χ3v) is 1.92. The van der Waals surface area contributed by atoms with Gasteiger partial charge in [-0.15, -0.1) is 0 Å². The van der Waals surface area contributed by atoms with E-state index in [1.807, 2.05) is 18.2 Å². The highest BCUT2D eigenvalue weighted by Gasteiger charge is 2.17. The molecule has 1 aliphatic rings. The van der Waals surface area contributed by atoms with Crippen LogP contribution < -0.4 is 0 Å². The molecule has 0 bridgehead atoms. The Labute approximate surface area is 75.8 Å². The SMILES string of the molecule is O=C1N=CC=CC1c1ccncc1. The molecule has 0 aliphatic carbocycles. The molecule has 0 radical (unpaired) electrons. The molecule has 64 valence electrons. The Morgan fingerprint density at radius 2 is 2.00 bits per heavy atom. The van der Waals surface area contributed by atoms with Crippen molar-refractivity contribution in [3.05, 3.63) is 42.2 Å². The van der Waals surface area contributed by atoms with Crippen LogP contribution in [-0.4, -0.2) is 17.1 Å². The van der Waals surface area contributed by atoms with Crippen molar-refractivity contribution < 1.29 is 4.79 Å². The van der Waals surface area contributed by atoms with E-state index in [9.17, 15) is 4.79 Å². The Morgan fingerprint density at radius 1 is 1.23 bits per heavy atom. The minimum atomic E-state index is -0.229. The van der Waals surface area contributed by atoms with Crippen molar-refractivity contribution in [1.29, 1.82) is 0 Å². The minimum Gasteiger partial charge on any atom is -0.272 e. The Hall–Kier alpha value is -1.77. The second kappa shape index (κ2) is 3.31. The number of hydrogen-bond acceptors (Lipinski definition) is 2. The van der Waals surface area contributed by atoms with Crippen molar-refractivity contribution in [2.24, 2.45) is 4.99 Å². The zero-order valence-electron chi connectivity index (χ0n) is 6.92. The van der Waals surface area contributed by atoms with Crippen LogP contribution in [0, 0.1) is 0 Å². The van der Waals surface area contributed by atoms with Gasteiger partial charge in [0.05, 0.1) is 5.92 Å². The molecule has 1 atom stereocenters. The van der Waals surface area contributed by atoms with Crippen molar-refractivity contribution in [3.8, 4) is 0 Å². The number of rotatable bonds is 1. The number of allylic oxidation sites excluding steroid dienone is 1. The smallest absolute Gasteiger partial charge is 0.257 e. The molecule has 0 aromatic carbocycles. The molecular weight excluding hydrogens is 164 g/mol. The lowest BCUT2D eigenvalue weighted by molar-refractivity contribution is -0.118. The number of carbonyl (C=O) groups is 1. The third-order valence-electron chi connectivity index (χ3n) is 1.92. The molecule has 3 heteroatoms. The fourth-order valence-electron chi connectivity index (χ4n) is 1.26. The summed E-state index contributed by atoms with van der Waals surface area (Å²) >= 11 is 0. The quantitative estimate of drug-likeness (QED) is 0.641. The Balaban J connectivity index is 2.32. The van der Waals surface area contributed by atoms with Crippen LogP contribution >= 0.6 is 0 Å². The zero-order chi connectivity index (χ0) is 9.10. The second-order valence-electron chi connectivity index (χ2n) is 2.76. The summed E-state index contributed by atoms with van der Waals surface area (Å²) in [6.07, 6.45) is 8.49. The maximum Gasteiger partial charge on any atom is 0.257 e. The van der Waals surface area contributed by atoms with Gasteiger partial charge in [0.1, 0.15) is 0 Å². The van der Waals surface area contributed by atoms with Crippen molar-refractivity contribution in [3.63, 3.8) is 0 Å². The van der Waals surface area contributed by atoms with Gasteiger partial charge in [0.25, 0.3) is 5.91 Å². The van der Waals surface area contributed by atoms with Crippen LogP contribution in [0.1, 0.15) is 11.5 Å². The molecule has 0 spiro atoms. The topological polar surface area (TPSA) is 42.3 Å². The molecule has 1 aromatic rings. The van der Waals surface area contributed by atoms with E-state index in [0.29, 0.717) is 0 Å². The summed E-state index contributed by atoms with van der Waals surface area (Å²) in [6.45, 7) is 0. The Morgan fingerprint density at radius 3 is 2.69 bits per heavy atom. The van der Waals surface area contributed by atoms with E-state index in [1.165, 1.54) is 6.21 Å². The first-order valence-corrected chi connectivity index (χ1v) is 4.02. The van der Waals surface area contributed by atoms with Gasteiger partial charge in [-0.05, 0) is 23.8 Å². The normalized spacial score (nSPS) is 20.6. The highest BCUT2D eigenvalue weighted by Crippen LogP contribution is 2.19. The fraction of sp³-hybridized carbons (Fsp3) is 0.100. The lowest BCUT2D eigenvalue weighted by Crippen LogP contribution is -2.10. The fourth-order valence-corrected chi connectivity index (χ4v) is 1.26. The van der Waals surface area contributed by atoms with Gasteiger partial charge >= 0.3 is 0 Å². The number of hydrogen-bond donors (Lipinski definition) is 0. The maximum atomic E-state index is 11.3. The highest BCUT2D eigenvalue weighted by atomic mass is 16.1. The van der Waals surface area contributed by atoms with Gasteiger partial charge in [0.15, 0.2) is 0 Å². The first-order chi connectivity index (χ1) is 6.38. The first-order valence-electron chi connectivity index (χ1n) is 4.02. The number of aromatic nitrogens is 1. The molecule has 1 amide bonds. The predicted molar refractivity (Wildman–Crippen MR) is 49.6 cm³/mol. The van der Waals surface area contributed by atoms with E-state index in [0.717, 1.165) is 5.56 Å². The monoisotopic (exact) mass is 172 g/mol. The van der Waals surface area contributed by atoms with E-state index in [4.69, 9.17) is 0 Å².